The van der Waals surface area contributed by atoms with Crippen molar-refractivity contribution in [2.45, 2.75) is 39.1 Å². The molecule has 2 heterocycles. The molecule has 0 saturated carbocycles. The molecule has 4 rings (SSSR count). The third kappa shape index (κ3) is 20.4. The molecule has 19 nitrogen and oxygen atoms in total. The van der Waals surface area contributed by atoms with Crippen LogP contribution in [0.15, 0.2) is 58.6 Å². The van der Waals surface area contributed by atoms with Crippen molar-refractivity contribution in [3.05, 3.63) is 104 Å². The first kappa shape index (κ1) is 56.6. The van der Waals surface area contributed by atoms with Crippen LogP contribution in [-0.2, 0) is 36.2 Å². The zero-order chi connectivity index (χ0) is 49.1. The second-order valence-corrected chi connectivity index (χ2v) is 17.6. The van der Waals surface area contributed by atoms with Gasteiger partial charge in [0.2, 0.25) is 0 Å². The summed E-state index contributed by atoms with van der Waals surface area (Å²) in [5.74, 6) is -5.97. The summed E-state index contributed by atoms with van der Waals surface area (Å²) in [6, 6.07) is 6.51. The van der Waals surface area contributed by atoms with E-state index in [-0.39, 0.29) is 62.3 Å². The lowest BCUT2D eigenvalue weighted by Crippen LogP contribution is -2.26. The Kier molecular flexibility index (Phi) is 23.9. The number of carbonyl (C=O) groups is 4. The lowest BCUT2D eigenvalue weighted by Gasteiger charge is -2.14. The third-order valence-corrected chi connectivity index (χ3v) is 8.18. The summed E-state index contributed by atoms with van der Waals surface area (Å²) in [6.07, 6.45) is 7.14. The summed E-state index contributed by atoms with van der Waals surface area (Å²) in [5, 5.41) is 27.5. The maximum absolute atomic E-state index is 14.2. The van der Waals surface area contributed by atoms with Gasteiger partial charge in [0.05, 0.1) is 49.5 Å². The molecule has 64 heavy (non-hydrogen) atoms. The van der Waals surface area contributed by atoms with E-state index in [9.17, 15) is 55.4 Å². The summed E-state index contributed by atoms with van der Waals surface area (Å²) in [5.41, 5.74) is 0.789. The SMILES string of the molecule is C/C(=N\NC(=O)Nc1cc(F)cc(F)c1)c1ncccc1C(=O)O.CCOC(=O)C(Cl)Cc1cc(-n2nc(C)n(C(F)F)c2=O)c(F)cc1Cl.C[S+](C)C.O=C(O)CNCP(=O)([O-])O. The van der Waals surface area contributed by atoms with E-state index in [0.29, 0.717) is 21.6 Å². The molecule has 0 bridgehead atoms. The Morgan fingerprint density at radius 3 is 2.16 bits per heavy atom. The number of carboxylic acid groups (broad SMARTS) is 2. The molecule has 28 heteroatoms. The molecule has 352 valence electrons. The van der Waals surface area contributed by atoms with Gasteiger partial charge in [-0.3, -0.25) is 19.9 Å². The van der Waals surface area contributed by atoms with E-state index in [1.54, 1.807) is 6.92 Å². The van der Waals surface area contributed by atoms with Gasteiger partial charge in [0, 0.05) is 29.4 Å². The number of hydrogen-bond donors (Lipinski definition) is 6. The van der Waals surface area contributed by atoms with Gasteiger partial charge in [-0.15, -0.1) is 16.7 Å². The monoisotopic (exact) mass is 990 g/mol. The molecule has 6 N–H and O–H groups in total. The third-order valence-electron chi connectivity index (χ3n) is 6.88. The van der Waals surface area contributed by atoms with Gasteiger partial charge in [-0.2, -0.15) is 18.6 Å². The Morgan fingerprint density at radius 2 is 1.66 bits per heavy atom. The molecule has 2 unspecified atom stereocenters. The van der Waals surface area contributed by atoms with Gasteiger partial charge in [0.25, 0.3) is 0 Å². The van der Waals surface area contributed by atoms with E-state index in [2.05, 4.69) is 44.7 Å². The van der Waals surface area contributed by atoms with Gasteiger partial charge in [0.15, 0.2) is 5.82 Å². The van der Waals surface area contributed by atoms with Crippen LogP contribution in [0.1, 0.15) is 47.8 Å². The summed E-state index contributed by atoms with van der Waals surface area (Å²) in [7, 11) is -3.71. The number of nitrogens with zero attached hydrogens (tertiary/aromatic N) is 5. The number of esters is 1. The normalized spacial score (nSPS) is 12.3. The molecule has 0 aliphatic carbocycles. The van der Waals surface area contributed by atoms with Crippen LogP contribution in [-0.4, -0.2) is 108 Å². The second-order valence-electron chi connectivity index (χ2n) is 12.7. The fourth-order valence-corrected chi connectivity index (χ4v) is 5.26. The molecule has 2 atom stereocenters. The number of urea groups is 1. The van der Waals surface area contributed by atoms with Gasteiger partial charge < -0.3 is 34.6 Å². The first-order chi connectivity index (χ1) is 29.7. The number of carbonyl (C=O) groups excluding carboxylic acids is 2. The summed E-state index contributed by atoms with van der Waals surface area (Å²) >= 11 is 11.9. The number of pyridine rings is 1. The summed E-state index contributed by atoms with van der Waals surface area (Å²) in [4.78, 5) is 78.2. The Balaban J connectivity index is 0.000000497. The van der Waals surface area contributed by atoms with E-state index in [1.165, 1.54) is 32.2 Å². The Morgan fingerprint density at radius 1 is 1.06 bits per heavy atom. The highest BCUT2D eigenvalue weighted by Crippen LogP contribution is 2.26. The van der Waals surface area contributed by atoms with Crippen molar-refractivity contribution >= 4 is 77.0 Å². The topological polar surface area (TPSA) is 279 Å². The number of halogens is 7. The van der Waals surface area contributed by atoms with Crippen LogP contribution in [0.2, 0.25) is 5.02 Å². The van der Waals surface area contributed by atoms with Crippen molar-refractivity contribution in [3.63, 3.8) is 0 Å². The van der Waals surface area contributed by atoms with Crippen LogP contribution in [0.4, 0.5) is 32.4 Å². The van der Waals surface area contributed by atoms with Crippen molar-refractivity contribution in [2.75, 3.05) is 43.5 Å². The van der Waals surface area contributed by atoms with Crippen LogP contribution in [0.5, 0.6) is 0 Å². The van der Waals surface area contributed by atoms with Gasteiger partial charge in [0.1, 0.15) is 41.8 Å². The number of anilines is 1. The number of ether oxygens (including phenoxy) is 1. The number of nitrogens with one attached hydrogen (secondary N) is 3. The van der Waals surface area contributed by atoms with Gasteiger partial charge in [-0.1, -0.05) is 11.6 Å². The van der Waals surface area contributed by atoms with Crippen molar-refractivity contribution < 1.29 is 70.4 Å². The van der Waals surface area contributed by atoms with Crippen LogP contribution in [0.25, 0.3) is 5.69 Å². The molecule has 0 saturated heterocycles. The zero-order valence-electron chi connectivity index (χ0n) is 34.4. The average Bonchev–Trinajstić information content (AvgIpc) is 3.47. The smallest absolute Gasteiger partial charge is 0.355 e. The fourth-order valence-electron chi connectivity index (χ4n) is 4.41. The standard InChI is InChI=1S/C15H14Cl2F3N3O3.C15H12F2N4O3.C3H8NO5P.C3H9S/c1-3-26-13(24)10(17)4-8-5-12(11(18)6-9(8)16)23-15(25)22(14(19)20)7(2)21-23;1-8(13-12(14(22)23)3-2-4-18-13)20-21-15(24)19-11-6-9(16)5-10(17)7-11;5-3(6)1-4-2-10(7,8)9;1-4(2)3/h5-6,10,14H,3-4H2,1-2H3;2-7H,1H3,(H,22,23)(H2,19,21,24);4H,1-2H2,(H,5,6)(H2,7,8,9);1-3H3/q;;;+1/p-1/b;20-8+;;. The lowest BCUT2D eigenvalue weighted by molar-refractivity contribution is -0.193. The predicted molar refractivity (Wildman–Crippen MR) is 226 cm³/mol. The van der Waals surface area contributed by atoms with E-state index >= 15 is 0 Å². The predicted octanol–water partition coefficient (Wildman–Crippen LogP) is 4.50. The molecule has 0 aliphatic rings. The highest BCUT2D eigenvalue weighted by atomic mass is 35.5. The Bertz CT molecular complexity index is 2370. The van der Waals surface area contributed by atoms with Crippen LogP contribution in [0, 0.1) is 24.4 Å². The Hall–Kier alpha value is -5.43. The first-order valence-corrected chi connectivity index (χ1v) is 22.7. The minimum atomic E-state index is -4.35. The number of amides is 2. The number of aryl methyl sites for hydroxylation is 1. The number of rotatable bonds is 14. The quantitative estimate of drug-likeness (QED) is 0.0193. The fraction of sp³-hybridized carbons (Fsp3) is 0.333. The molecule has 2 aromatic heterocycles. The maximum Gasteiger partial charge on any atom is 0.355 e. The molecular weight excluding hydrogens is 949 g/mol. The van der Waals surface area contributed by atoms with E-state index in [0.717, 1.165) is 24.3 Å². The highest BCUT2D eigenvalue weighted by Gasteiger charge is 2.24. The highest BCUT2D eigenvalue weighted by molar-refractivity contribution is 7.94. The van der Waals surface area contributed by atoms with Crippen molar-refractivity contribution in [3.8, 4) is 5.69 Å². The number of aliphatic carboxylic acids is 1. The molecular formula is C36H42Cl2F5N8O11PS. The van der Waals surface area contributed by atoms with E-state index < -0.39 is 79.4 Å². The number of benzene rings is 2. The van der Waals surface area contributed by atoms with Crippen LogP contribution in [0.3, 0.4) is 0 Å². The minimum absolute atomic E-state index is 0.0424. The molecule has 4 aromatic rings. The second kappa shape index (κ2) is 27.0. The largest absolute Gasteiger partial charge is 0.778 e. The zero-order valence-corrected chi connectivity index (χ0v) is 37.7. The lowest BCUT2D eigenvalue weighted by atomic mass is 10.1. The van der Waals surface area contributed by atoms with Crippen LogP contribution >= 0.6 is 30.8 Å². The number of hydrazone groups is 1. The van der Waals surface area contributed by atoms with Gasteiger partial charge >= 0.3 is 36.2 Å². The summed E-state index contributed by atoms with van der Waals surface area (Å²) < 4.78 is 81.5. The van der Waals surface area contributed by atoms with E-state index in [1.807, 2.05) is 5.32 Å². The molecule has 0 fully saturated rings. The molecule has 2 aromatic carbocycles. The maximum atomic E-state index is 14.2. The number of alkyl halides is 3. The van der Waals surface area contributed by atoms with Crippen molar-refractivity contribution in [2.24, 2.45) is 5.10 Å². The number of hydrogen-bond acceptors (Lipinski definition) is 12. The minimum Gasteiger partial charge on any atom is -0.778 e. The van der Waals surface area contributed by atoms with Crippen molar-refractivity contribution in [1.29, 1.82) is 0 Å². The van der Waals surface area contributed by atoms with Crippen LogP contribution < -0.4 is 26.6 Å². The molecule has 0 radical (unpaired) electrons. The van der Waals surface area contributed by atoms with Crippen molar-refractivity contribution in [1.82, 2.24) is 30.1 Å². The number of carboxylic acids is 2. The summed E-state index contributed by atoms with van der Waals surface area (Å²) in [6.45, 7) is 0.781. The molecule has 0 spiro atoms. The number of aromatic nitrogens is 4. The number of aromatic carboxylic acids is 1. The van der Waals surface area contributed by atoms with Gasteiger partial charge in [-0.25, -0.2) is 37.5 Å². The Labute approximate surface area is 374 Å². The van der Waals surface area contributed by atoms with Gasteiger partial charge in [-0.05, 0) is 73.6 Å². The van der Waals surface area contributed by atoms with E-state index in [4.69, 9.17) is 43.0 Å². The average molecular weight is 992 g/mol. The molecule has 2 amide bonds. The molecule has 0 aliphatic heterocycles. The first-order valence-electron chi connectivity index (χ1n) is 17.6.